The van der Waals surface area contributed by atoms with Crippen LogP contribution < -0.4 is 0 Å². The molecule has 0 saturated heterocycles. The van der Waals surface area contributed by atoms with Gasteiger partial charge in [-0.05, 0) is 12.1 Å². The number of rotatable bonds is 5. The van der Waals surface area contributed by atoms with Crippen LogP contribution in [0.15, 0.2) is 36.2 Å². The number of Topliss-reactive ketones (excluding diaryl/α,β-unsaturated/α-hetero) is 1. The van der Waals surface area contributed by atoms with Crippen LogP contribution in [0.4, 0.5) is 0 Å². The van der Waals surface area contributed by atoms with Gasteiger partial charge in [-0.15, -0.1) is 0 Å². The van der Waals surface area contributed by atoms with Crippen molar-refractivity contribution in [2.75, 3.05) is 6.61 Å². The van der Waals surface area contributed by atoms with Crippen LogP contribution >= 0.6 is 0 Å². The Bertz CT molecular complexity index is 615. The highest BCUT2D eigenvalue weighted by Gasteiger charge is 2.14. The van der Waals surface area contributed by atoms with Crippen LogP contribution in [0, 0.1) is 0 Å². The molecular formula is C14H15NO4. The number of hydrogen-bond acceptors (Lipinski definition) is 4. The Morgan fingerprint density at radius 2 is 2.11 bits per heavy atom. The highest BCUT2D eigenvalue weighted by molar-refractivity contribution is 6.00. The van der Waals surface area contributed by atoms with Gasteiger partial charge in [0.15, 0.2) is 11.5 Å². The van der Waals surface area contributed by atoms with E-state index >= 15 is 0 Å². The van der Waals surface area contributed by atoms with Crippen LogP contribution in [0.25, 0.3) is 17.0 Å². The molecule has 2 aromatic rings. The van der Waals surface area contributed by atoms with E-state index in [0.717, 1.165) is 10.9 Å². The lowest BCUT2D eigenvalue weighted by Gasteiger charge is -2.04. The molecule has 0 amide bonds. The van der Waals surface area contributed by atoms with Crippen molar-refractivity contribution in [1.82, 2.24) is 4.98 Å². The van der Waals surface area contributed by atoms with Gasteiger partial charge in [-0.3, -0.25) is 4.79 Å². The van der Waals surface area contributed by atoms with Gasteiger partial charge in [0.05, 0.1) is 12.7 Å². The summed E-state index contributed by atoms with van der Waals surface area (Å²) < 4.78 is 0. The predicted molar refractivity (Wildman–Crippen MR) is 71.6 cm³/mol. The summed E-state index contributed by atoms with van der Waals surface area (Å²) in [7, 11) is 0. The summed E-state index contributed by atoms with van der Waals surface area (Å²) in [5.74, 6) is -1.04. The summed E-state index contributed by atoms with van der Waals surface area (Å²) in [6.45, 7) is -0.508. The van der Waals surface area contributed by atoms with Crippen LogP contribution in [0.2, 0.25) is 0 Å². The van der Waals surface area contributed by atoms with E-state index in [1.54, 1.807) is 6.20 Å². The van der Waals surface area contributed by atoms with Crippen molar-refractivity contribution in [1.29, 1.82) is 0 Å². The SMILES string of the molecule is O=C(CC(O)CO)/C(O)=C\c1c[nH]c2ccccc12. The van der Waals surface area contributed by atoms with Crippen molar-refractivity contribution in [3.05, 3.63) is 41.8 Å². The minimum atomic E-state index is -1.15. The van der Waals surface area contributed by atoms with Gasteiger partial charge in [-0.1, -0.05) is 18.2 Å². The maximum Gasteiger partial charge on any atom is 0.199 e. The van der Waals surface area contributed by atoms with Gasteiger partial charge >= 0.3 is 0 Å². The first kappa shape index (κ1) is 13.3. The smallest absolute Gasteiger partial charge is 0.199 e. The number of carbonyl (C=O) groups excluding carboxylic acids is 1. The zero-order valence-corrected chi connectivity index (χ0v) is 10.2. The van der Waals surface area contributed by atoms with Gasteiger partial charge in [0.1, 0.15) is 0 Å². The Kier molecular flexibility index (Phi) is 3.99. The number of benzene rings is 1. The summed E-state index contributed by atoms with van der Waals surface area (Å²) in [6, 6.07) is 7.51. The molecule has 19 heavy (non-hydrogen) atoms. The first-order valence-electron chi connectivity index (χ1n) is 5.90. The lowest BCUT2D eigenvalue weighted by atomic mass is 10.1. The maximum absolute atomic E-state index is 11.6. The van der Waals surface area contributed by atoms with Crippen LogP contribution in [-0.4, -0.2) is 38.8 Å². The second-order valence-electron chi connectivity index (χ2n) is 4.28. The number of para-hydroxylation sites is 1. The van der Waals surface area contributed by atoms with E-state index in [2.05, 4.69) is 4.98 Å². The number of fused-ring (bicyclic) bond motifs is 1. The molecule has 0 aliphatic carbocycles. The third-order valence-corrected chi connectivity index (χ3v) is 2.83. The second-order valence-corrected chi connectivity index (χ2v) is 4.28. The van der Waals surface area contributed by atoms with E-state index in [-0.39, 0.29) is 6.42 Å². The van der Waals surface area contributed by atoms with Gasteiger partial charge in [0.2, 0.25) is 0 Å². The summed E-state index contributed by atoms with van der Waals surface area (Å²) in [6.07, 6.45) is 1.59. The molecule has 1 atom stereocenters. The minimum Gasteiger partial charge on any atom is -0.504 e. The third kappa shape index (κ3) is 3.01. The Labute approximate surface area is 109 Å². The molecule has 0 aliphatic rings. The summed E-state index contributed by atoms with van der Waals surface area (Å²) in [4.78, 5) is 14.6. The van der Waals surface area contributed by atoms with Crippen molar-refractivity contribution >= 4 is 22.8 Å². The van der Waals surface area contributed by atoms with Crippen LogP contribution in [0.5, 0.6) is 0 Å². The molecule has 5 nitrogen and oxygen atoms in total. The van der Waals surface area contributed by atoms with E-state index in [1.165, 1.54) is 6.08 Å². The first-order valence-corrected chi connectivity index (χ1v) is 5.90. The molecule has 1 unspecified atom stereocenters. The number of aliphatic hydroxyl groups excluding tert-OH is 3. The molecule has 0 spiro atoms. The predicted octanol–water partition coefficient (Wildman–Crippen LogP) is 1.38. The molecule has 0 fully saturated rings. The fourth-order valence-electron chi connectivity index (χ4n) is 1.82. The van der Waals surface area contributed by atoms with Crippen molar-refractivity contribution in [2.24, 2.45) is 0 Å². The topological polar surface area (TPSA) is 93.6 Å². The third-order valence-electron chi connectivity index (χ3n) is 2.83. The lowest BCUT2D eigenvalue weighted by molar-refractivity contribution is -0.120. The molecule has 100 valence electrons. The lowest BCUT2D eigenvalue weighted by Crippen LogP contribution is -2.18. The second kappa shape index (κ2) is 5.69. The van der Waals surface area contributed by atoms with E-state index in [9.17, 15) is 9.90 Å². The van der Waals surface area contributed by atoms with E-state index < -0.39 is 24.3 Å². The first-order chi connectivity index (χ1) is 9.11. The van der Waals surface area contributed by atoms with E-state index in [0.29, 0.717) is 5.56 Å². The number of hydrogen-bond donors (Lipinski definition) is 4. The zero-order chi connectivity index (χ0) is 13.8. The summed E-state index contributed by atoms with van der Waals surface area (Å²) in [5, 5.41) is 28.4. The average molecular weight is 261 g/mol. The standard InChI is InChI=1S/C14H15NO4/c16-8-10(17)6-14(19)13(18)5-9-7-15-12-4-2-1-3-11(9)12/h1-5,7,10,15-18H,6,8H2/b13-5+. The molecule has 0 aliphatic heterocycles. The maximum atomic E-state index is 11.6. The molecule has 5 heteroatoms. The number of nitrogens with one attached hydrogen (secondary N) is 1. The highest BCUT2D eigenvalue weighted by Crippen LogP contribution is 2.20. The number of H-pyrrole nitrogens is 1. The number of aromatic amines is 1. The highest BCUT2D eigenvalue weighted by atomic mass is 16.3. The van der Waals surface area contributed by atoms with Crippen molar-refractivity contribution in [2.45, 2.75) is 12.5 Å². The molecule has 0 radical (unpaired) electrons. The van der Waals surface area contributed by atoms with Crippen LogP contribution in [-0.2, 0) is 4.79 Å². The average Bonchev–Trinajstić information content (AvgIpc) is 2.82. The van der Waals surface area contributed by atoms with Gasteiger partial charge < -0.3 is 20.3 Å². The molecule has 1 heterocycles. The van der Waals surface area contributed by atoms with E-state index in [4.69, 9.17) is 10.2 Å². The van der Waals surface area contributed by atoms with Crippen molar-refractivity contribution in [3.63, 3.8) is 0 Å². The minimum absolute atomic E-state index is 0.304. The number of allylic oxidation sites excluding steroid dienone is 1. The molecule has 2 rings (SSSR count). The summed E-state index contributed by atoms with van der Waals surface area (Å²) in [5.41, 5.74) is 1.60. The van der Waals surface area contributed by atoms with Gasteiger partial charge in [-0.2, -0.15) is 0 Å². The zero-order valence-electron chi connectivity index (χ0n) is 10.2. The Morgan fingerprint density at radius 3 is 2.84 bits per heavy atom. The summed E-state index contributed by atoms with van der Waals surface area (Å²) >= 11 is 0. The molecular weight excluding hydrogens is 246 g/mol. The number of aliphatic hydroxyl groups is 3. The van der Waals surface area contributed by atoms with Gasteiger partial charge in [0, 0.05) is 29.1 Å². The van der Waals surface area contributed by atoms with Crippen molar-refractivity contribution < 1.29 is 20.1 Å². The van der Waals surface area contributed by atoms with Crippen LogP contribution in [0.3, 0.4) is 0 Å². The number of ketones is 1. The van der Waals surface area contributed by atoms with Gasteiger partial charge in [-0.25, -0.2) is 0 Å². The Hall–Kier alpha value is -2.11. The molecule has 0 bridgehead atoms. The molecule has 1 aromatic carbocycles. The molecule has 1 aromatic heterocycles. The number of carbonyl (C=O) groups is 1. The fourth-order valence-corrected chi connectivity index (χ4v) is 1.82. The Morgan fingerprint density at radius 1 is 1.37 bits per heavy atom. The Balaban J connectivity index is 2.23. The normalized spacial score (nSPS) is 13.7. The fraction of sp³-hybridized carbons (Fsp3) is 0.214. The molecule has 4 N–H and O–H groups in total. The van der Waals surface area contributed by atoms with Gasteiger partial charge in [0.25, 0.3) is 0 Å². The molecule has 0 saturated carbocycles. The van der Waals surface area contributed by atoms with Crippen molar-refractivity contribution in [3.8, 4) is 0 Å². The van der Waals surface area contributed by atoms with E-state index in [1.807, 2.05) is 24.3 Å². The quantitative estimate of drug-likeness (QED) is 0.483. The monoisotopic (exact) mass is 261 g/mol. The number of aromatic nitrogens is 1. The van der Waals surface area contributed by atoms with Crippen LogP contribution in [0.1, 0.15) is 12.0 Å². The largest absolute Gasteiger partial charge is 0.504 e.